The Morgan fingerprint density at radius 2 is 2.00 bits per heavy atom. The Morgan fingerprint density at radius 1 is 1.19 bits per heavy atom. The third kappa shape index (κ3) is 2.35. The van der Waals surface area contributed by atoms with E-state index in [9.17, 15) is 9.59 Å². The van der Waals surface area contributed by atoms with Crippen molar-refractivity contribution in [2.45, 2.75) is 38.2 Å². The smallest absolute Gasteiger partial charge is 0.320 e. The van der Waals surface area contributed by atoms with E-state index in [1.54, 1.807) is 0 Å². The van der Waals surface area contributed by atoms with E-state index in [-0.39, 0.29) is 24.0 Å². The van der Waals surface area contributed by atoms with Gasteiger partial charge in [0.05, 0.1) is 19.1 Å². The third-order valence-corrected chi connectivity index (χ3v) is 5.88. The number of piperidine rings is 1. The maximum atomic E-state index is 12.1. The molecule has 0 aromatic heterocycles. The molecule has 116 valence electrons. The van der Waals surface area contributed by atoms with E-state index in [2.05, 4.69) is 4.90 Å². The zero-order chi connectivity index (χ0) is 14.4. The summed E-state index contributed by atoms with van der Waals surface area (Å²) in [6.07, 6.45) is 5.55. The lowest BCUT2D eigenvalue weighted by Crippen LogP contribution is -2.39. The lowest BCUT2D eigenvalue weighted by molar-refractivity contribution is -0.154. The molecule has 0 amide bonds. The van der Waals surface area contributed by atoms with E-state index in [0.29, 0.717) is 30.9 Å². The number of fused-ring (bicyclic) bond motifs is 5. The van der Waals surface area contributed by atoms with Crippen LogP contribution < -0.4 is 0 Å². The SMILES string of the molecule is O=C(CN1CCCCC1)OC1CC2CC1C1COC(=O)C21. The fraction of sp³-hybridized carbons (Fsp3) is 0.875. The Bertz CT molecular complexity index is 446. The Kier molecular flexibility index (Phi) is 3.40. The zero-order valence-corrected chi connectivity index (χ0v) is 12.3. The summed E-state index contributed by atoms with van der Waals surface area (Å²) in [7, 11) is 0. The summed E-state index contributed by atoms with van der Waals surface area (Å²) in [5, 5.41) is 0. The molecule has 5 atom stereocenters. The number of carbonyl (C=O) groups is 2. The van der Waals surface area contributed by atoms with E-state index in [1.165, 1.54) is 19.3 Å². The molecule has 0 radical (unpaired) electrons. The number of ether oxygens (including phenoxy) is 2. The molecule has 2 heterocycles. The van der Waals surface area contributed by atoms with Crippen LogP contribution in [0.4, 0.5) is 0 Å². The Balaban J connectivity index is 1.32. The number of likely N-dealkylation sites (tertiary alicyclic amines) is 1. The maximum absolute atomic E-state index is 12.1. The number of esters is 2. The van der Waals surface area contributed by atoms with Crippen molar-refractivity contribution < 1.29 is 19.1 Å². The van der Waals surface area contributed by atoms with Crippen molar-refractivity contribution in [3.8, 4) is 0 Å². The number of rotatable bonds is 3. The molecule has 0 aromatic rings. The van der Waals surface area contributed by atoms with E-state index in [0.717, 1.165) is 25.9 Å². The van der Waals surface area contributed by atoms with Gasteiger partial charge in [-0.05, 0) is 44.7 Å². The van der Waals surface area contributed by atoms with Crippen LogP contribution in [0.25, 0.3) is 0 Å². The van der Waals surface area contributed by atoms with Gasteiger partial charge in [0, 0.05) is 11.8 Å². The summed E-state index contributed by atoms with van der Waals surface area (Å²) in [5.41, 5.74) is 0. The van der Waals surface area contributed by atoms with Crippen LogP contribution in [-0.4, -0.2) is 49.2 Å². The highest BCUT2D eigenvalue weighted by Crippen LogP contribution is 2.56. The fourth-order valence-corrected chi connectivity index (χ4v) is 4.94. The minimum Gasteiger partial charge on any atom is -0.465 e. The molecular formula is C16H23NO4. The monoisotopic (exact) mass is 293 g/mol. The highest BCUT2D eigenvalue weighted by molar-refractivity contribution is 5.76. The molecule has 0 spiro atoms. The molecule has 0 N–H and O–H groups in total. The summed E-state index contributed by atoms with van der Waals surface area (Å²) in [5.74, 6) is 0.998. The van der Waals surface area contributed by atoms with Crippen molar-refractivity contribution in [3.63, 3.8) is 0 Å². The van der Waals surface area contributed by atoms with Crippen molar-refractivity contribution in [2.24, 2.45) is 23.7 Å². The van der Waals surface area contributed by atoms with Gasteiger partial charge in [-0.25, -0.2) is 0 Å². The van der Waals surface area contributed by atoms with Crippen molar-refractivity contribution in [1.29, 1.82) is 0 Å². The van der Waals surface area contributed by atoms with E-state index >= 15 is 0 Å². The first kappa shape index (κ1) is 13.6. The van der Waals surface area contributed by atoms with Crippen LogP contribution in [0.1, 0.15) is 32.1 Å². The van der Waals surface area contributed by atoms with Crippen LogP contribution in [-0.2, 0) is 19.1 Å². The van der Waals surface area contributed by atoms with Crippen molar-refractivity contribution >= 4 is 11.9 Å². The van der Waals surface area contributed by atoms with Crippen LogP contribution in [0.5, 0.6) is 0 Å². The maximum Gasteiger partial charge on any atom is 0.320 e. The molecule has 5 nitrogen and oxygen atoms in total. The number of hydrogen-bond donors (Lipinski definition) is 0. The molecular weight excluding hydrogens is 270 g/mol. The number of nitrogens with zero attached hydrogens (tertiary/aromatic N) is 1. The van der Waals surface area contributed by atoms with Gasteiger partial charge in [-0.15, -0.1) is 0 Å². The predicted molar refractivity (Wildman–Crippen MR) is 74.3 cm³/mol. The van der Waals surface area contributed by atoms with Gasteiger partial charge in [-0.2, -0.15) is 0 Å². The number of hydrogen-bond acceptors (Lipinski definition) is 5. The Labute approximate surface area is 125 Å². The summed E-state index contributed by atoms with van der Waals surface area (Å²) < 4.78 is 10.9. The molecule has 2 saturated heterocycles. The van der Waals surface area contributed by atoms with Gasteiger partial charge in [-0.3, -0.25) is 14.5 Å². The third-order valence-electron chi connectivity index (χ3n) is 5.88. The molecule has 2 bridgehead atoms. The van der Waals surface area contributed by atoms with Crippen LogP contribution in [0.2, 0.25) is 0 Å². The molecule has 4 rings (SSSR count). The molecule has 4 aliphatic rings. The first-order chi connectivity index (χ1) is 10.2. The summed E-state index contributed by atoms with van der Waals surface area (Å²) in [6, 6.07) is 0. The standard InChI is InChI=1S/C16H23NO4/c18-14(8-17-4-2-1-3-5-17)21-13-7-10-6-11(13)12-9-20-16(19)15(10)12/h10-13,15H,1-9H2. The van der Waals surface area contributed by atoms with Crippen LogP contribution >= 0.6 is 0 Å². The quantitative estimate of drug-likeness (QED) is 0.732. The van der Waals surface area contributed by atoms with Crippen molar-refractivity contribution in [1.82, 2.24) is 4.90 Å². The largest absolute Gasteiger partial charge is 0.465 e. The van der Waals surface area contributed by atoms with Crippen LogP contribution in [0.15, 0.2) is 0 Å². The number of cyclic esters (lactones) is 1. The first-order valence-corrected chi connectivity index (χ1v) is 8.31. The zero-order valence-electron chi connectivity index (χ0n) is 12.3. The molecule has 2 saturated carbocycles. The van der Waals surface area contributed by atoms with Gasteiger partial charge >= 0.3 is 11.9 Å². The molecule has 2 aliphatic heterocycles. The van der Waals surface area contributed by atoms with E-state index in [1.807, 2.05) is 0 Å². The van der Waals surface area contributed by atoms with Gasteiger partial charge < -0.3 is 9.47 Å². The fourth-order valence-electron chi connectivity index (χ4n) is 4.94. The topological polar surface area (TPSA) is 55.8 Å². The highest BCUT2D eigenvalue weighted by Gasteiger charge is 2.60. The summed E-state index contributed by atoms with van der Waals surface area (Å²) in [4.78, 5) is 26.0. The van der Waals surface area contributed by atoms with E-state index in [4.69, 9.17) is 9.47 Å². The Hall–Kier alpha value is -1.10. The number of carbonyl (C=O) groups excluding carboxylic acids is 2. The highest BCUT2D eigenvalue weighted by atomic mass is 16.6. The lowest BCUT2D eigenvalue weighted by atomic mass is 9.80. The minimum atomic E-state index is -0.0868. The summed E-state index contributed by atoms with van der Waals surface area (Å²) in [6.45, 7) is 2.99. The van der Waals surface area contributed by atoms with Crippen molar-refractivity contribution in [2.75, 3.05) is 26.2 Å². The van der Waals surface area contributed by atoms with Crippen molar-refractivity contribution in [3.05, 3.63) is 0 Å². The van der Waals surface area contributed by atoms with Gasteiger partial charge in [0.2, 0.25) is 0 Å². The second-order valence-electron chi connectivity index (χ2n) is 7.08. The molecule has 4 fully saturated rings. The normalized spacial score (nSPS) is 41.9. The minimum absolute atomic E-state index is 0.0167. The molecule has 5 heteroatoms. The average molecular weight is 293 g/mol. The van der Waals surface area contributed by atoms with Gasteiger partial charge in [0.1, 0.15) is 6.10 Å². The van der Waals surface area contributed by atoms with Crippen LogP contribution in [0, 0.1) is 23.7 Å². The van der Waals surface area contributed by atoms with Gasteiger partial charge in [0.25, 0.3) is 0 Å². The van der Waals surface area contributed by atoms with Gasteiger partial charge in [-0.1, -0.05) is 6.42 Å². The Morgan fingerprint density at radius 3 is 2.81 bits per heavy atom. The molecule has 5 unspecified atom stereocenters. The molecule has 21 heavy (non-hydrogen) atoms. The molecule has 0 aromatic carbocycles. The second kappa shape index (κ2) is 5.27. The van der Waals surface area contributed by atoms with E-state index < -0.39 is 0 Å². The summed E-state index contributed by atoms with van der Waals surface area (Å²) >= 11 is 0. The average Bonchev–Trinajstić information content (AvgIpc) is 3.13. The molecule has 2 aliphatic carbocycles. The van der Waals surface area contributed by atoms with Gasteiger partial charge in [0.15, 0.2) is 0 Å². The second-order valence-corrected chi connectivity index (χ2v) is 7.08. The van der Waals surface area contributed by atoms with Crippen LogP contribution in [0.3, 0.4) is 0 Å². The lowest BCUT2D eigenvalue weighted by Gasteiger charge is -2.30. The predicted octanol–water partition coefficient (Wildman–Crippen LogP) is 1.21. The first-order valence-electron chi connectivity index (χ1n) is 8.31.